The minimum absolute atomic E-state index is 0.0408. The minimum Gasteiger partial charge on any atom is -0.307 e. The molecule has 1 atom stereocenters. The molecule has 1 aromatic rings. The second-order valence-electron chi connectivity index (χ2n) is 7.50. The quantitative estimate of drug-likeness (QED) is 0.776. The fourth-order valence-corrected chi connectivity index (χ4v) is 4.78. The Kier molecular flexibility index (Phi) is 6.48. The smallest absolute Gasteiger partial charge is 0.307 e. The van der Waals surface area contributed by atoms with Crippen LogP contribution < -0.4 is 10.0 Å². The Morgan fingerprint density at radius 1 is 1.11 bits per heavy atom. The van der Waals surface area contributed by atoms with E-state index in [2.05, 4.69) is 5.32 Å². The van der Waals surface area contributed by atoms with Gasteiger partial charge in [0.2, 0.25) is 11.8 Å². The Morgan fingerprint density at radius 2 is 1.64 bits per heavy atom. The molecule has 9 heteroatoms. The van der Waals surface area contributed by atoms with Gasteiger partial charge in [0.1, 0.15) is 0 Å². The topological polar surface area (TPSA) is 113 Å². The van der Waals surface area contributed by atoms with Gasteiger partial charge in [0.15, 0.2) is 5.37 Å². The third-order valence-electron chi connectivity index (χ3n) is 4.71. The van der Waals surface area contributed by atoms with Crippen LogP contribution in [0.3, 0.4) is 0 Å². The molecule has 1 unspecified atom stereocenters. The highest BCUT2D eigenvalue weighted by atomic mass is 32.2. The summed E-state index contributed by atoms with van der Waals surface area (Å²) in [5.74, 6) is -0.987. The summed E-state index contributed by atoms with van der Waals surface area (Å²) in [6, 6.07) is 4.75. The minimum atomic E-state index is -4.25. The number of nitrogens with one attached hydrogen (secondary N) is 2. The first-order valence-electron chi connectivity index (χ1n) is 9.23. The summed E-state index contributed by atoms with van der Waals surface area (Å²) in [4.78, 5) is 36.6. The maximum Gasteiger partial charge on any atom is 0.332 e. The lowest BCUT2D eigenvalue weighted by Crippen LogP contribution is -2.48. The molecule has 8 nitrogen and oxygen atoms in total. The summed E-state index contributed by atoms with van der Waals surface area (Å²) < 4.78 is 27.2. The second-order valence-corrected chi connectivity index (χ2v) is 9.34. The van der Waals surface area contributed by atoms with Gasteiger partial charge in [0.05, 0.1) is 0 Å². The number of imide groups is 1. The average molecular weight is 410 g/mol. The Bertz CT molecular complexity index is 867. The molecule has 2 N–H and O–H groups in total. The molecule has 1 saturated heterocycles. The highest BCUT2D eigenvalue weighted by molar-refractivity contribution is 7.90. The van der Waals surface area contributed by atoms with Crippen molar-refractivity contribution < 1.29 is 22.8 Å². The van der Waals surface area contributed by atoms with Gasteiger partial charge >= 0.3 is 6.03 Å². The van der Waals surface area contributed by atoms with Crippen LogP contribution in [0.2, 0.25) is 0 Å². The standard InChI is InChI=1S/C19H27N3O5S/c1-11(2)14-7-6-8-15(12(3)4)18(14)20-19(25)21-28(26,27)17-10-9-16(24)22(17)13(5)23/h6-8,11-12,17H,9-10H2,1-5H3,(H2,20,21,25). The average Bonchev–Trinajstić information content (AvgIpc) is 2.96. The number of nitrogens with zero attached hydrogens (tertiary/aromatic N) is 1. The fourth-order valence-electron chi connectivity index (χ4n) is 3.36. The van der Waals surface area contributed by atoms with Gasteiger partial charge in [0.25, 0.3) is 10.0 Å². The van der Waals surface area contributed by atoms with Crippen molar-refractivity contribution in [2.45, 2.75) is 64.7 Å². The number of rotatable bonds is 5. The number of likely N-dealkylation sites (tertiary alicyclic amines) is 1. The second kappa shape index (κ2) is 8.30. The van der Waals surface area contributed by atoms with Gasteiger partial charge in [-0.2, -0.15) is 0 Å². The lowest BCUT2D eigenvalue weighted by atomic mass is 9.93. The molecule has 0 radical (unpaired) electrons. The molecule has 1 aromatic carbocycles. The van der Waals surface area contributed by atoms with Gasteiger partial charge in [-0.15, -0.1) is 0 Å². The van der Waals surface area contributed by atoms with Crippen LogP contribution in [0.5, 0.6) is 0 Å². The van der Waals surface area contributed by atoms with Gasteiger partial charge in [-0.05, 0) is 29.4 Å². The van der Waals surface area contributed by atoms with Crippen molar-refractivity contribution in [3.63, 3.8) is 0 Å². The van der Waals surface area contributed by atoms with Crippen molar-refractivity contribution in [1.82, 2.24) is 9.62 Å². The molecule has 28 heavy (non-hydrogen) atoms. The summed E-state index contributed by atoms with van der Waals surface area (Å²) >= 11 is 0. The van der Waals surface area contributed by atoms with Gasteiger partial charge in [0, 0.05) is 19.0 Å². The lowest BCUT2D eigenvalue weighted by molar-refractivity contribution is -0.141. The molecule has 154 valence electrons. The molecule has 1 heterocycles. The Hall–Kier alpha value is -2.42. The molecule has 0 aromatic heterocycles. The first-order valence-corrected chi connectivity index (χ1v) is 10.8. The third-order valence-corrected chi connectivity index (χ3v) is 6.34. The number of benzene rings is 1. The summed E-state index contributed by atoms with van der Waals surface area (Å²) in [6.45, 7) is 9.05. The van der Waals surface area contributed by atoms with E-state index in [9.17, 15) is 22.8 Å². The molecule has 0 aliphatic carbocycles. The summed E-state index contributed by atoms with van der Waals surface area (Å²) in [6.07, 6.45) is -0.0959. The van der Waals surface area contributed by atoms with Crippen LogP contribution >= 0.6 is 0 Å². The number of amides is 4. The van der Waals surface area contributed by atoms with Gasteiger partial charge < -0.3 is 5.32 Å². The predicted octanol–water partition coefficient (Wildman–Crippen LogP) is 2.88. The van der Waals surface area contributed by atoms with E-state index in [1.165, 1.54) is 0 Å². The van der Waals surface area contributed by atoms with E-state index >= 15 is 0 Å². The first-order chi connectivity index (χ1) is 13.0. The molecule has 0 saturated carbocycles. The largest absolute Gasteiger partial charge is 0.332 e. The Balaban J connectivity index is 2.27. The molecule has 0 spiro atoms. The molecule has 4 amide bonds. The van der Waals surface area contributed by atoms with Gasteiger partial charge in [-0.1, -0.05) is 45.9 Å². The highest BCUT2D eigenvalue weighted by Gasteiger charge is 2.43. The van der Waals surface area contributed by atoms with Crippen LogP contribution in [-0.4, -0.2) is 36.5 Å². The van der Waals surface area contributed by atoms with Crippen LogP contribution in [0, 0.1) is 0 Å². The predicted molar refractivity (Wildman–Crippen MR) is 106 cm³/mol. The maximum atomic E-state index is 12.6. The molecular formula is C19H27N3O5S. The molecule has 2 rings (SSSR count). The number of para-hydroxylation sites is 1. The zero-order valence-electron chi connectivity index (χ0n) is 16.8. The van der Waals surface area contributed by atoms with Crippen LogP contribution in [0.15, 0.2) is 18.2 Å². The summed E-state index contributed by atoms with van der Waals surface area (Å²) in [5, 5.41) is 1.28. The molecule has 0 bridgehead atoms. The Labute approximate surface area is 165 Å². The van der Waals surface area contributed by atoms with Crippen molar-refractivity contribution in [1.29, 1.82) is 0 Å². The maximum absolute atomic E-state index is 12.6. The van der Waals surface area contributed by atoms with E-state index in [-0.39, 0.29) is 24.7 Å². The van der Waals surface area contributed by atoms with Crippen LogP contribution in [0.1, 0.15) is 70.4 Å². The molecule has 1 aliphatic rings. The summed E-state index contributed by atoms with van der Waals surface area (Å²) in [7, 11) is -4.25. The van der Waals surface area contributed by atoms with E-state index < -0.39 is 33.2 Å². The number of sulfonamides is 1. The molecule has 1 aliphatic heterocycles. The van der Waals surface area contributed by atoms with Crippen molar-refractivity contribution in [3.05, 3.63) is 29.3 Å². The van der Waals surface area contributed by atoms with Crippen molar-refractivity contribution in [2.24, 2.45) is 0 Å². The SMILES string of the molecule is CC(=O)N1C(=O)CCC1S(=O)(=O)NC(=O)Nc1c(C(C)C)cccc1C(C)C. The van der Waals surface area contributed by atoms with Crippen LogP contribution in [0.25, 0.3) is 0 Å². The van der Waals surface area contributed by atoms with Gasteiger partial charge in [-0.25, -0.2) is 17.9 Å². The summed E-state index contributed by atoms with van der Waals surface area (Å²) in [5.41, 5.74) is 2.35. The van der Waals surface area contributed by atoms with Crippen molar-refractivity contribution >= 4 is 33.6 Å². The fraction of sp³-hybridized carbons (Fsp3) is 0.526. The van der Waals surface area contributed by atoms with Crippen molar-refractivity contribution in [3.8, 4) is 0 Å². The third kappa shape index (κ3) is 4.52. The number of carbonyl (C=O) groups excluding carboxylic acids is 3. The zero-order chi connectivity index (χ0) is 21.2. The van der Waals surface area contributed by atoms with E-state index in [4.69, 9.17) is 0 Å². The lowest BCUT2D eigenvalue weighted by Gasteiger charge is -2.23. The normalized spacial score (nSPS) is 17.3. The van der Waals surface area contributed by atoms with Crippen LogP contribution in [-0.2, 0) is 19.6 Å². The monoisotopic (exact) mass is 409 g/mol. The molecular weight excluding hydrogens is 382 g/mol. The van der Waals surface area contributed by atoms with Crippen LogP contribution in [0.4, 0.5) is 10.5 Å². The molecule has 1 fully saturated rings. The van der Waals surface area contributed by atoms with Crippen molar-refractivity contribution in [2.75, 3.05) is 5.32 Å². The number of urea groups is 1. The van der Waals surface area contributed by atoms with E-state index in [0.29, 0.717) is 10.6 Å². The number of carbonyl (C=O) groups is 3. The first kappa shape index (κ1) is 21.9. The highest BCUT2D eigenvalue weighted by Crippen LogP contribution is 2.32. The number of anilines is 1. The number of hydrogen-bond donors (Lipinski definition) is 2. The van der Waals surface area contributed by atoms with E-state index in [1.807, 2.05) is 50.6 Å². The van der Waals surface area contributed by atoms with E-state index in [0.717, 1.165) is 18.1 Å². The zero-order valence-corrected chi connectivity index (χ0v) is 17.6. The number of hydrogen-bond acceptors (Lipinski definition) is 5. The Morgan fingerprint density at radius 3 is 2.11 bits per heavy atom. The van der Waals surface area contributed by atoms with Gasteiger partial charge in [-0.3, -0.25) is 14.5 Å². The van der Waals surface area contributed by atoms with E-state index in [1.54, 1.807) is 0 Å².